The SMILES string of the molecule is O=C(CC1CCCN1)Nc1ccncc1F. The predicted molar refractivity (Wildman–Crippen MR) is 58.5 cm³/mol. The smallest absolute Gasteiger partial charge is 0.226 e. The molecule has 0 aromatic carbocycles. The Labute approximate surface area is 93.3 Å². The zero-order chi connectivity index (χ0) is 11.4. The van der Waals surface area contributed by atoms with Gasteiger partial charge in [0.25, 0.3) is 0 Å². The molecular weight excluding hydrogens is 209 g/mol. The fraction of sp³-hybridized carbons (Fsp3) is 0.455. The molecule has 0 spiro atoms. The van der Waals surface area contributed by atoms with Crippen molar-refractivity contribution in [1.29, 1.82) is 0 Å². The third-order valence-electron chi connectivity index (χ3n) is 2.64. The molecule has 0 bridgehead atoms. The molecule has 1 aliphatic heterocycles. The van der Waals surface area contributed by atoms with Gasteiger partial charge in [-0.25, -0.2) is 4.39 Å². The molecule has 2 heterocycles. The number of nitrogens with one attached hydrogen (secondary N) is 2. The summed E-state index contributed by atoms with van der Waals surface area (Å²) in [4.78, 5) is 15.2. The molecule has 1 saturated heterocycles. The van der Waals surface area contributed by atoms with E-state index in [2.05, 4.69) is 15.6 Å². The van der Waals surface area contributed by atoms with E-state index in [4.69, 9.17) is 0 Å². The summed E-state index contributed by atoms with van der Waals surface area (Å²) in [6.07, 6.45) is 5.03. The van der Waals surface area contributed by atoms with Crippen LogP contribution in [0.4, 0.5) is 10.1 Å². The van der Waals surface area contributed by atoms with Gasteiger partial charge in [-0.15, -0.1) is 0 Å². The summed E-state index contributed by atoms with van der Waals surface area (Å²) in [5.41, 5.74) is 0.193. The minimum Gasteiger partial charge on any atom is -0.323 e. The van der Waals surface area contributed by atoms with Gasteiger partial charge in [-0.2, -0.15) is 0 Å². The molecule has 4 nitrogen and oxygen atoms in total. The lowest BCUT2D eigenvalue weighted by Gasteiger charge is -2.10. The molecular formula is C11H14FN3O. The van der Waals surface area contributed by atoms with E-state index in [1.807, 2.05) is 0 Å². The van der Waals surface area contributed by atoms with E-state index in [-0.39, 0.29) is 17.6 Å². The Morgan fingerprint density at radius 1 is 1.69 bits per heavy atom. The first kappa shape index (κ1) is 11.0. The summed E-state index contributed by atoms with van der Waals surface area (Å²) in [6.45, 7) is 0.960. The molecule has 0 radical (unpaired) electrons. The minimum absolute atomic E-state index is 0.162. The Kier molecular flexibility index (Phi) is 3.46. The third kappa shape index (κ3) is 2.76. The standard InChI is InChI=1S/C11H14FN3O/c12-9-7-13-5-3-10(9)15-11(16)6-8-2-1-4-14-8/h3,5,7-8,14H,1-2,4,6H2,(H,13,15,16). The lowest BCUT2D eigenvalue weighted by atomic mass is 10.1. The van der Waals surface area contributed by atoms with Crippen LogP contribution >= 0.6 is 0 Å². The average molecular weight is 223 g/mol. The van der Waals surface area contributed by atoms with Gasteiger partial charge >= 0.3 is 0 Å². The van der Waals surface area contributed by atoms with Crippen LogP contribution in [0.1, 0.15) is 19.3 Å². The van der Waals surface area contributed by atoms with Gasteiger partial charge in [0.05, 0.1) is 11.9 Å². The van der Waals surface area contributed by atoms with E-state index >= 15 is 0 Å². The number of carbonyl (C=O) groups excluding carboxylic acids is 1. The molecule has 1 unspecified atom stereocenters. The molecule has 0 aliphatic carbocycles. The molecule has 16 heavy (non-hydrogen) atoms. The lowest BCUT2D eigenvalue weighted by molar-refractivity contribution is -0.116. The maximum atomic E-state index is 13.2. The van der Waals surface area contributed by atoms with E-state index in [1.165, 1.54) is 12.3 Å². The summed E-state index contributed by atoms with van der Waals surface area (Å²) < 4.78 is 13.2. The number of hydrogen-bond donors (Lipinski definition) is 2. The Morgan fingerprint density at radius 2 is 2.56 bits per heavy atom. The van der Waals surface area contributed by atoms with Crippen LogP contribution in [-0.2, 0) is 4.79 Å². The number of rotatable bonds is 3. The molecule has 1 aliphatic rings. The van der Waals surface area contributed by atoms with Crippen molar-refractivity contribution in [2.75, 3.05) is 11.9 Å². The largest absolute Gasteiger partial charge is 0.323 e. The Morgan fingerprint density at radius 3 is 3.25 bits per heavy atom. The number of nitrogens with zero attached hydrogens (tertiary/aromatic N) is 1. The van der Waals surface area contributed by atoms with Gasteiger partial charge < -0.3 is 10.6 Å². The fourth-order valence-corrected chi connectivity index (χ4v) is 1.83. The normalized spacial score (nSPS) is 19.7. The van der Waals surface area contributed by atoms with Crippen molar-refractivity contribution in [2.45, 2.75) is 25.3 Å². The molecule has 5 heteroatoms. The zero-order valence-corrected chi connectivity index (χ0v) is 8.87. The average Bonchev–Trinajstić information content (AvgIpc) is 2.74. The Bertz CT molecular complexity index is 377. The Hall–Kier alpha value is -1.49. The third-order valence-corrected chi connectivity index (χ3v) is 2.64. The van der Waals surface area contributed by atoms with Gasteiger partial charge in [-0.3, -0.25) is 9.78 Å². The first-order valence-electron chi connectivity index (χ1n) is 5.38. The predicted octanol–water partition coefficient (Wildman–Crippen LogP) is 1.30. The highest BCUT2D eigenvalue weighted by molar-refractivity contribution is 5.91. The van der Waals surface area contributed by atoms with Crippen LogP contribution in [0.3, 0.4) is 0 Å². The minimum atomic E-state index is -0.504. The number of carbonyl (C=O) groups is 1. The molecule has 86 valence electrons. The molecule has 1 amide bonds. The highest BCUT2D eigenvalue weighted by Gasteiger charge is 2.18. The summed E-state index contributed by atoms with van der Waals surface area (Å²) in [5, 5.41) is 5.76. The summed E-state index contributed by atoms with van der Waals surface area (Å²) in [5.74, 6) is -0.667. The van der Waals surface area contributed by atoms with Gasteiger partial charge in [-0.05, 0) is 25.5 Å². The highest BCUT2D eigenvalue weighted by Crippen LogP contribution is 2.13. The number of anilines is 1. The molecule has 1 aromatic rings. The quantitative estimate of drug-likeness (QED) is 0.812. The fourth-order valence-electron chi connectivity index (χ4n) is 1.83. The van der Waals surface area contributed by atoms with E-state index < -0.39 is 5.82 Å². The van der Waals surface area contributed by atoms with Crippen LogP contribution in [0.15, 0.2) is 18.5 Å². The van der Waals surface area contributed by atoms with Gasteiger partial charge in [0, 0.05) is 18.7 Å². The number of halogens is 1. The van der Waals surface area contributed by atoms with E-state index in [0.29, 0.717) is 6.42 Å². The first-order chi connectivity index (χ1) is 7.75. The van der Waals surface area contributed by atoms with Crippen LogP contribution in [-0.4, -0.2) is 23.5 Å². The number of aromatic nitrogens is 1. The summed E-state index contributed by atoms with van der Waals surface area (Å²) >= 11 is 0. The van der Waals surface area contributed by atoms with Crippen molar-refractivity contribution in [1.82, 2.24) is 10.3 Å². The molecule has 1 fully saturated rings. The highest BCUT2D eigenvalue weighted by atomic mass is 19.1. The molecule has 1 aromatic heterocycles. The second kappa shape index (κ2) is 5.03. The van der Waals surface area contributed by atoms with Crippen molar-refractivity contribution in [3.63, 3.8) is 0 Å². The van der Waals surface area contributed by atoms with Gasteiger partial charge in [0.2, 0.25) is 5.91 Å². The van der Waals surface area contributed by atoms with Crippen molar-refractivity contribution in [3.8, 4) is 0 Å². The lowest BCUT2D eigenvalue weighted by Crippen LogP contribution is -2.27. The number of amides is 1. The molecule has 0 saturated carbocycles. The van der Waals surface area contributed by atoms with Crippen molar-refractivity contribution in [2.24, 2.45) is 0 Å². The maximum absolute atomic E-state index is 13.2. The molecule has 1 atom stereocenters. The topological polar surface area (TPSA) is 54.0 Å². The summed E-state index contributed by atoms with van der Waals surface area (Å²) in [7, 11) is 0. The van der Waals surface area contributed by atoms with Crippen LogP contribution in [0.2, 0.25) is 0 Å². The zero-order valence-electron chi connectivity index (χ0n) is 8.87. The summed E-state index contributed by atoms with van der Waals surface area (Å²) in [6, 6.07) is 1.68. The van der Waals surface area contributed by atoms with Crippen molar-refractivity contribution in [3.05, 3.63) is 24.3 Å². The second-order valence-electron chi connectivity index (χ2n) is 3.90. The van der Waals surface area contributed by atoms with Crippen molar-refractivity contribution < 1.29 is 9.18 Å². The van der Waals surface area contributed by atoms with Crippen LogP contribution in [0, 0.1) is 5.82 Å². The van der Waals surface area contributed by atoms with Gasteiger partial charge in [0.15, 0.2) is 5.82 Å². The Balaban J connectivity index is 1.89. The van der Waals surface area contributed by atoms with Gasteiger partial charge in [0.1, 0.15) is 0 Å². The van der Waals surface area contributed by atoms with E-state index in [9.17, 15) is 9.18 Å². The maximum Gasteiger partial charge on any atom is 0.226 e. The number of pyridine rings is 1. The molecule has 2 N–H and O–H groups in total. The van der Waals surface area contributed by atoms with Crippen molar-refractivity contribution >= 4 is 11.6 Å². The van der Waals surface area contributed by atoms with Crippen LogP contribution in [0.25, 0.3) is 0 Å². The van der Waals surface area contributed by atoms with Crippen LogP contribution < -0.4 is 10.6 Å². The van der Waals surface area contributed by atoms with Crippen LogP contribution in [0.5, 0.6) is 0 Å². The number of hydrogen-bond acceptors (Lipinski definition) is 3. The first-order valence-corrected chi connectivity index (χ1v) is 5.38. The van der Waals surface area contributed by atoms with E-state index in [0.717, 1.165) is 25.6 Å². The monoisotopic (exact) mass is 223 g/mol. The second-order valence-corrected chi connectivity index (χ2v) is 3.90. The van der Waals surface area contributed by atoms with E-state index in [1.54, 1.807) is 0 Å². The molecule has 2 rings (SSSR count). The van der Waals surface area contributed by atoms with Gasteiger partial charge in [-0.1, -0.05) is 0 Å².